The molecule has 117 heavy (non-hydrogen) atoms. The van der Waals surface area contributed by atoms with E-state index in [9.17, 15) is 74.1 Å². The largest absolute Gasteiger partial charge is 0.507 e. The molecule has 2 fully saturated rings. The van der Waals surface area contributed by atoms with Gasteiger partial charge in [0.1, 0.15) is 53.1 Å². The predicted molar refractivity (Wildman–Crippen MR) is 427 cm³/mol. The number of fused-ring (bicyclic) bond motifs is 4. The first kappa shape index (κ1) is 89.4. The zero-order chi connectivity index (χ0) is 84.5. The fourth-order valence-corrected chi connectivity index (χ4v) is 17.3. The molecular formula is C83H101N9O23S2. The van der Waals surface area contributed by atoms with Crippen LogP contribution < -0.4 is 53.4 Å². The SMILES string of the molecule is COc1cccc2c1C(=O)c1c(O)c3c(c(O)c1C2=O)C[C@@](O)(C(=O)COC(=O)CCCC(=O)N[C@H](Cc1ccccc1)C(=O)N[C@H]1CSSC[C@@H](C(=O)N[C@H](CO)[C@@H](C)O)NC(=O)[C@H]([C@@H](C)O)NC(=O)[C@H](CCCCN)NC(=O)[C@@H](CC2=CCc4ccccc42)NC(=O)[C@H](Cc2ccccc2)CC1=O)C[C@@H]3O[C@H]1C[C@H](N)[C@H](O)[C@H](C)O1. The van der Waals surface area contributed by atoms with Crippen molar-refractivity contribution in [2.24, 2.45) is 17.4 Å². The van der Waals surface area contributed by atoms with Gasteiger partial charge in [0.15, 0.2) is 24.5 Å². The number of unbranched alkanes of at least 4 members (excludes halogenated alkanes) is 1. The fourth-order valence-electron chi connectivity index (χ4n) is 14.9. The molecule has 34 heteroatoms. The number of phenols is 2. The summed E-state index contributed by atoms with van der Waals surface area (Å²) in [5.74, 6) is -14.4. The molecule has 16 atom stereocenters. The smallest absolute Gasteiger partial charge is 0.306 e. The van der Waals surface area contributed by atoms with Crippen molar-refractivity contribution >= 4 is 97.6 Å². The molecule has 0 saturated carbocycles. The Labute approximate surface area is 682 Å². The number of aliphatic hydroxyl groups excluding tert-OH is 4. The number of hydrogen-bond donors (Lipinski definition) is 16. The van der Waals surface area contributed by atoms with Crippen molar-refractivity contribution in [3.8, 4) is 17.2 Å². The summed E-state index contributed by atoms with van der Waals surface area (Å²) in [5.41, 5.74) is 10.9. The number of hydrogen-bond acceptors (Lipinski definition) is 27. The van der Waals surface area contributed by atoms with Gasteiger partial charge >= 0.3 is 5.97 Å². The van der Waals surface area contributed by atoms with Crippen LogP contribution in [0.4, 0.5) is 0 Å². The molecule has 2 saturated heterocycles. The Morgan fingerprint density at radius 3 is 2.09 bits per heavy atom. The molecule has 2 heterocycles. The lowest BCUT2D eigenvalue weighted by molar-refractivity contribution is -0.247. The number of rotatable bonds is 28. The molecule has 10 rings (SSSR count). The first-order chi connectivity index (χ1) is 55.9. The van der Waals surface area contributed by atoms with E-state index in [0.29, 0.717) is 36.0 Å². The molecule has 0 spiro atoms. The maximum Gasteiger partial charge on any atom is 0.306 e. The van der Waals surface area contributed by atoms with Gasteiger partial charge in [-0.2, -0.15) is 0 Å². The minimum absolute atomic E-state index is 0.00221. The number of ether oxygens (including phenoxy) is 4. The molecule has 5 aliphatic rings. The molecule has 18 N–H and O–H groups in total. The standard InChI is InChI=1S/C83H101N9O23S2/c1-42(94)57(38-93)89-81(109)59-41-117-116-40-58(60(96)34-49(31-45-17-7-5-8-18-45)77(105)88-56(33-48-29-28-47-21-11-12-22-50(47)48)80(108)87-54(24-13-14-30-84)78(106)92-71(43(2)95)82(110)91-59)90-79(107)55(32-46-19-9-6-10-20-46)86-64(98)26-16-27-65(99)113-39-63(97)83(111)36-52-68(62(37-83)115-66-35-53(85)72(100)44(3)114-66)76(104)70-69(74(52)102)73(101)51-23-15-25-61(112-4)67(51)75(70)103/h5-12,15,17-23,25,29,42-44,49,53-59,62,66,71-72,93-95,100,102,104,111H,13-14,16,24,26-28,30-41,84-85H2,1-4H3,(H,86,98)(H,87,108)(H,88,105)(H,89,109)(H,90,107)(H,91,110)(H,92,106)/t42-,43-,44+,49-,53+,54+,55-,56-,57-,58+,59+,62+,66+,71+,72-,83+/m1/s1. The van der Waals surface area contributed by atoms with Gasteiger partial charge in [0, 0.05) is 91.5 Å². The third kappa shape index (κ3) is 22.3. The predicted octanol–water partition coefficient (Wildman–Crippen LogP) is 1.48. The maximum absolute atomic E-state index is 15.4. The van der Waals surface area contributed by atoms with E-state index in [4.69, 9.17) is 30.4 Å². The lowest BCUT2D eigenvalue weighted by atomic mass is 9.72. The van der Waals surface area contributed by atoms with Crippen molar-refractivity contribution in [1.82, 2.24) is 37.2 Å². The number of amides is 7. The van der Waals surface area contributed by atoms with Crippen LogP contribution in [0, 0.1) is 5.92 Å². The number of allylic oxidation sites excluding steroid dienone is 1. The normalized spacial score (nSPS) is 25.0. The number of phenolic OH excluding ortho intramolecular Hbond substituents is 2. The summed E-state index contributed by atoms with van der Waals surface area (Å²) in [7, 11) is 3.14. The van der Waals surface area contributed by atoms with Gasteiger partial charge < -0.3 is 103 Å². The summed E-state index contributed by atoms with van der Waals surface area (Å²) in [6, 6.07) is 17.6. The number of benzene rings is 5. The van der Waals surface area contributed by atoms with Crippen LogP contribution in [0.5, 0.6) is 17.2 Å². The summed E-state index contributed by atoms with van der Waals surface area (Å²) < 4.78 is 22.9. The number of ketones is 4. The van der Waals surface area contributed by atoms with Crippen molar-refractivity contribution in [2.45, 2.75) is 201 Å². The molecule has 32 nitrogen and oxygen atoms in total. The molecule has 5 aromatic rings. The molecule has 3 aliphatic carbocycles. The van der Waals surface area contributed by atoms with Crippen LogP contribution in [0.15, 0.2) is 109 Å². The third-order valence-corrected chi connectivity index (χ3v) is 23.9. The number of aliphatic hydroxyl groups is 5. The Morgan fingerprint density at radius 1 is 0.735 bits per heavy atom. The Balaban J connectivity index is 0.886. The van der Waals surface area contributed by atoms with Gasteiger partial charge in [-0.3, -0.25) is 57.5 Å². The molecule has 0 aromatic heterocycles. The highest BCUT2D eigenvalue weighted by molar-refractivity contribution is 8.76. The van der Waals surface area contributed by atoms with Crippen molar-refractivity contribution < 1.29 is 112 Å². The maximum atomic E-state index is 15.4. The lowest BCUT2D eigenvalue weighted by Gasteiger charge is -2.42. The van der Waals surface area contributed by atoms with E-state index in [-0.39, 0.29) is 84.6 Å². The number of Topliss-reactive ketones (excluding diaryl/α,β-unsaturated/α-hetero) is 2. The van der Waals surface area contributed by atoms with E-state index >= 15 is 19.2 Å². The Kier molecular flexibility index (Phi) is 31.3. The highest BCUT2D eigenvalue weighted by Gasteiger charge is 2.51. The van der Waals surface area contributed by atoms with Gasteiger partial charge in [-0.1, -0.05) is 125 Å². The van der Waals surface area contributed by atoms with E-state index in [1.807, 2.05) is 30.3 Å². The average Bonchev–Trinajstić information content (AvgIpc) is 0.960. The molecule has 0 radical (unpaired) electrons. The van der Waals surface area contributed by atoms with Crippen LogP contribution in [0.3, 0.4) is 0 Å². The Morgan fingerprint density at radius 2 is 1.40 bits per heavy atom. The van der Waals surface area contributed by atoms with Gasteiger partial charge in [-0.25, -0.2) is 0 Å². The van der Waals surface area contributed by atoms with Crippen LogP contribution in [0.25, 0.3) is 5.57 Å². The molecule has 0 bridgehead atoms. The Bertz CT molecular complexity index is 4520. The van der Waals surface area contributed by atoms with Crippen LogP contribution in [-0.4, -0.2) is 229 Å². The second kappa shape index (κ2) is 40.9. The molecule has 628 valence electrons. The molecule has 7 amide bonds. The van der Waals surface area contributed by atoms with Crippen LogP contribution in [-0.2, 0) is 87.8 Å². The summed E-state index contributed by atoms with van der Waals surface area (Å²) in [6.45, 7) is 2.42. The van der Waals surface area contributed by atoms with Gasteiger partial charge in [-0.15, -0.1) is 0 Å². The van der Waals surface area contributed by atoms with Gasteiger partial charge in [-0.05, 0) is 99.7 Å². The van der Waals surface area contributed by atoms with Crippen LogP contribution in [0.1, 0.15) is 156 Å². The van der Waals surface area contributed by atoms with E-state index < -0.39 is 235 Å². The van der Waals surface area contributed by atoms with Crippen molar-refractivity contribution in [3.63, 3.8) is 0 Å². The second-order valence-corrected chi connectivity index (χ2v) is 32.6. The molecule has 2 aliphatic heterocycles. The van der Waals surface area contributed by atoms with Gasteiger partial charge in [0.25, 0.3) is 0 Å². The van der Waals surface area contributed by atoms with Gasteiger partial charge in [0.05, 0.1) is 73.0 Å². The summed E-state index contributed by atoms with van der Waals surface area (Å²) in [4.78, 5) is 175. The van der Waals surface area contributed by atoms with Gasteiger partial charge in [0.2, 0.25) is 52.9 Å². The van der Waals surface area contributed by atoms with Crippen molar-refractivity contribution in [2.75, 3.05) is 38.4 Å². The van der Waals surface area contributed by atoms with Crippen molar-refractivity contribution in [1.29, 1.82) is 0 Å². The van der Waals surface area contributed by atoms with Crippen molar-refractivity contribution in [3.05, 3.63) is 165 Å². The minimum Gasteiger partial charge on any atom is -0.507 e. The monoisotopic (exact) mass is 1660 g/mol. The molecule has 5 aromatic carbocycles. The Hall–Kier alpha value is -9.98. The van der Waals surface area contributed by atoms with E-state index in [1.54, 1.807) is 60.7 Å². The number of methoxy groups -OCH3 is 1. The number of nitrogens with two attached hydrogens (primary N) is 2. The highest BCUT2D eigenvalue weighted by Crippen LogP contribution is 2.53. The van der Waals surface area contributed by atoms with E-state index in [2.05, 4.69) is 37.2 Å². The van der Waals surface area contributed by atoms with Crippen LogP contribution >= 0.6 is 21.6 Å². The number of esters is 1. The van der Waals surface area contributed by atoms with Crippen LogP contribution in [0.2, 0.25) is 0 Å². The fraction of sp³-hybridized carbons (Fsp3) is 0.470. The average molecular weight is 1660 g/mol. The third-order valence-electron chi connectivity index (χ3n) is 21.5. The van der Waals surface area contributed by atoms with E-state index in [0.717, 1.165) is 32.7 Å². The zero-order valence-corrected chi connectivity index (χ0v) is 66.8. The first-order valence-electron chi connectivity index (χ1n) is 38.9. The second-order valence-electron chi connectivity index (χ2n) is 30.0. The van der Waals surface area contributed by atoms with E-state index in [1.165, 1.54) is 46.1 Å². The summed E-state index contributed by atoms with van der Waals surface area (Å²) >= 11 is 0. The number of carbonyl (C=O) groups excluding carboxylic acids is 12. The zero-order valence-electron chi connectivity index (χ0n) is 65.1. The lowest BCUT2D eigenvalue weighted by Crippen LogP contribution is -2.61. The number of carbonyl (C=O) groups is 12. The topological polar surface area (TPSA) is 520 Å². The number of aromatic hydroxyl groups is 2. The summed E-state index contributed by atoms with van der Waals surface area (Å²) in [5, 5.41) is 97.6. The first-order valence-corrected chi connectivity index (χ1v) is 41.3. The quantitative estimate of drug-likeness (QED) is 0.0143. The highest BCUT2D eigenvalue weighted by atomic mass is 33.1. The minimum atomic E-state index is -2.59. The molecular weight excluding hydrogens is 1560 g/mol. The molecule has 0 unspecified atom stereocenters. The summed E-state index contributed by atoms with van der Waals surface area (Å²) in [6.07, 6.45) is -8.52. The number of nitrogens with one attached hydrogen (secondary N) is 7.